The molecule has 14 nitrogen and oxygen atoms in total. The molecule has 6 N–H and O–H groups in total. The molecule has 0 unspecified atom stereocenters. The predicted octanol–water partition coefficient (Wildman–Crippen LogP) is 3.99. The zero-order chi connectivity index (χ0) is 42.8. The minimum absolute atomic E-state index is 0.0344. The van der Waals surface area contributed by atoms with Crippen molar-refractivity contribution in [2.45, 2.75) is 116 Å². The fraction of sp³-hybridized carbons (Fsp3) is 0.500. The lowest BCUT2D eigenvalue weighted by Gasteiger charge is -2.32. The molecule has 5 atom stereocenters. The Labute approximate surface area is 341 Å². The van der Waals surface area contributed by atoms with Gasteiger partial charge in [0.1, 0.15) is 42.3 Å². The van der Waals surface area contributed by atoms with Gasteiger partial charge in [0.2, 0.25) is 29.5 Å². The molecule has 0 saturated carbocycles. The number of carbonyl (C=O) groups is 6. The molecular weight excluding hydrogens is 743 g/mol. The summed E-state index contributed by atoms with van der Waals surface area (Å²) in [6.07, 6.45) is 11.7. The summed E-state index contributed by atoms with van der Waals surface area (Å²) < 4.78 is 5.69. The number of esters is 1. The Morgan fingerprint density at radius 3 is 2.12 bits per heavy atom. The second kappa shape index (κ2) is 23.5. The van der Waals surface area contributed by atoms with Gasteiger partial charge in [-0.3, -0.25) is 24.0 Å². The molecule has 5 amide bonds. The molecule has 58 heavy (non-hydrogen) atoms. The number of aromatic hydroxyl groups is 2. The van der Waals surface area contributed by atoms with Gasteiger partial charge in [0.05, 0.1) is 6.04 Å². The third-order valence-electron chi connectivity index (χ3n) is 9.86. The van der Waals surface area contributed by atoms with E-state index >= 15 is 0 Å². The number of rotatable bonds is 18. The van der Waals surface area contributed by atoms with E-state index in [1.807, 2.05) is 6.08 Å². The predicted molar refractivity (Wildman–Crippen MR) is 220 cm³/mol. The number of cyclic esters (lactones) is 1. The molecule has 14 heteroatoms. The van der Waals surface area contributed by atoms with Crippen LogP contribution < -0.4 is 21.3 Å². The van der Waals surface area contributed by atoms with Gasteiger partial charge >= 0.3 is 5.97 Å². The Hall–Kier alpha value is -5.66. The summed E-state index contributed by atoms with van der Waals surface area (Å²) in [5, 5.41) is 30.6. The molecule has 0 bridgehead atoms. The second-order valence-corrected chi connectivity index (χ2v) is 15.4. The standard InChI is InChI=1S/C44H61N5O9/c1-7-8-9-10-11-12-13-14-37(52)46-35(25-30-15-20-33(50)21-16-30)41(54)48-39(28(2)3)42(55)45-32-19-24-38(53)47-40(29(4)5)43(56)49(6)36(44(57)58-27-32)26-31-17-22-34(51)23-18-31/h12-13,15-24,28-29,32,35-36,39-40,50-51H,7-11,14,25-27H2,1-6H3,(H,45,55)(H,46,52)(H,47,53)(H,48,54)/b13-12-,24-19-/t32-,35+,36+,39+,40+/m1/s1. The number of ether oxygens (including phenoxy) is 1. The van der Waals surface area contributed by atoms with E-state index < -0.39 is 72.3 Å². The highest BCUT2D eigenvalue weighted by Gasteiger charge is 2.36. The number of phenols is 2. The summed E-state index contributed by atoms with van der Waals surface area (Å²) in [4.78, 5) is 82.4. The van der Waals surface area contributed by atoms with Crippen LogP contribution in [-0.2, 0) is 46.3 Å². The van der Waals surface area contributed by atoms with E-state index in [1.54, 1.807) is 58.0 Å². The van der Waals surface area contributed by atoms with Gasteiger partial charge in [-0.2, -0.15) is 0 Å². The molecule has 3 rings (SSSR count). The largest absolute Gasteiger partial charge is 0.508 e. The number of hydrogen-bond acceptors (Lipinski definition) is 9. The third kappa shape index (κ3) is 15.4. The summed E-state index contributed by atoms with van der Waals surface area (Å²) in [7, 11) is 1.46. The number of likely N-dealkylation sites (N-methyl/N-ethyl adjacent to an activating group) is 1. The number of carbonyl (C=O) groups excluding carboxylic acids is 6. The first-order valence-corrected chi connectivity index (χ1v) is 20.1. The van der Waals surface area contributed by atoms with Crippen molar-refractivity contribution in [3.63, 3.8) is 0 Å². The van der Waals surface area contributed by atoms with Gasteiger partial charge in [-0.25, -0.2) is 4.79 Å². The lowest BCUT2D eigenvalue weighted by Crippen LogP contribution is -2.57. The fourth-order valence-corrected chi connectivity index (χ4v) is 6.33. The van der Waals surface area contributed by atoms with Gasteiger partial charge in [0.15, 0.2) is 0 Å². The van der Waals surface area contributed by atoms with Crippen LogP contribution in [0.1, 0.15) is 84.3 Å². The molecular formula is C44H61N5O9. The quantitative estimate of drug-likeness (QED) is 0.0732. The topological polar surface area (TPSA) is 203 Å². The summed E-state index contributed by atoms with van der Waals surface area (Å²) in [5.41, 5.74) is 1.32. The minimum Gasteiger partial charge on any atom is -0.508 e. The van der Waals surface area contributed by atoms with Crippen LogP contribution >= 0.6 is 0 Å². The van der Waals surface area contributed by atoms with Crippen LogP contribution in [0.25, 0.3) is 0 Å². The van der Waals surface area contributed by atoms with E-state index in [0.29, 0.717) is 11.1 Å². The van der Waals surface area contributed by atoms with Crippen molar-refractivity contribution in [1.82, 2.24) is 26.2 Å². The van der Waals surface area contributed by atoms with Gasteiger partial charge in [0, 0.05) is 32.4 Å². The molecule has 0 radical (unpaired) electrons. The number of unbranched alkanes of at least 4 members (excludes halogenated alkanes) is 4. The van der Waals surface area contributed by atoms with Gasteiger partial charge in [-0.05, 0) is 60.1 Å². The van der Waals surface area contributed by atoms with E-state index in [-0.39, 0.29) is 42.6 Å². The number of amides is 5. The zero-order valence-corrected chi connectivity index (χ0v) is 34.5. The molecule has 316 valence electrons. The molecule has 1 aliphatic rings. The molecule has 2 aromatic rings. The Balaban J connectivity index is 1.82. The minimum atomic E-state index is -1.11. The molecule has 0 aliphatic carbocycles. The van der Waals surface area contributed by atoms with Gasteiger partial charge in [-0.1, -0.05) is 96.4 Å². The lowest BCUT2D eigenvalue weighted by atomic mass is 9.99. The maximum absolute atomic E-state index is 13.9. The smallest absolute Gasteiger partial charge is 0.329 e. The molecule has 1 aliphatic heterocycles. The lowest BCUT2D eigenvalue weighted by molar-refractivity contribution is -0.156. The van der Waals surface area contributed by atoms with Crippen molar-refractivity contribution in [3.05, 3.63) is 84.0 Å². The number of phenolic OH excluding ortho intramolecular Hbond substituents is 2. The molecule has 0 saturated heterocycles. The molecule has 0 aromatic heterocycles. The third-order valence-corrected chi connectivity index (χ3v) is 9.86. The number of allylic oxidation sites excluding steroid dienone is 1. The first-order valence-electron chi connectivity index (χ1n) is 20.1. The van der Waals surface area contributed by atoms with E-state index in [2.05, 4.69) is 28.2 Å². The van der Waals surface area contributed by atoms with Gasteiger partial charge in [0.25, 0.3) is 0 Å². The summed E-state index contributed by atoms with van der Waals surface area (Å²) in [5.74, 6) is -4.15. The van der Waals surface area contributed by atoms with Crippen LogP contribution in [0, 0.1) is 11.8 Å². The van der Waals surface area contributed by atoms with E-state index in [1.165, 1.54) is 42.3 Å². The van der Waals surface area contributed by atoms with Crippen LogP contribution in [-0.4, -0.2) is 94.5 Å². The number of benzene rings is 2. The molecule has 0 fully saturated rings. The monoisotopic (exact) mass is 803 g/mol. The second-order valence-electron chi connectivity index (χ2n) is 15.4. The molecule has 2 aromatic carbocycles. The SMILES string of the molecule is CCCCCC/C=C\CC(=O)N[C@@H](Cc1ccc(O)cc1)C(=O)N[C@H](C(=O)N[C@@H]1/C=C\C(=O)N[C@@H](C(C)C)C(=O)N(C)[C@@H](Cc2ccc(O)cc2)C(=O)OC1)C(C)C. The Morgan fingerprint density at radius 2 is 1.52 bits per heavy atom. The summed E-state index contributed by atoms with van der Waals surface area (Å²) in [6.45, 7) is 8.74. The highest BCUT2D eigenvalue weighted by atomic mass is 16.5. The number of hydrogen-bond donors (Lipinski definition) is 6. The highest BCUT2D eigenvalue weighted by molar-refractivity contribution is 5.95. The van der Waals surface area contributed by atoms with E-state index in [9.17, 15) is 39.0 Å². The van der Waals surface area contributed by atoms with Crippen molar-refractivity contribution in [1.29, 1.82) is 0 Å². The number of nitrogens with one attached hydrogen (secondary N) is 4. The van der Waals surface area contributed by atoms with Crippen LogP contribution in [0.5, 0.6) is 11.5 Å². The van der Waals surface area contributed by atoms with E-state index in [0.717, 1.165) is 38.2 Å². The highest BCUT2D eigenvalue weighted by Crippen LogP contribution is 2.18. The summed E-state index contributed by atoms with van der Waals surface area (Å²) in [6, 6.07) is 7.15. The van der Waals surface area contributed by atoms with Crippen molar-refractivity contribution >= 4 is 35.5 Å². The van der Waals surface area contributed by atoms with Crippen molar-refractivity contribution < 1.29 is 43.7 Å². The fourth-order valence-electron chi connectivity index (χ4n) is 6.33. The Bertz CT molecular complexity index is 1740. The average Bonchev–Trinajstić information content (AvgIpc) is 3.18. The van der Waals surface area contributed by atoms with Crippen LogP contribution in [0.2, 0.25) is 0 Å². The maximum Gasteiger partial charge on any atom is 0.329 e. The Kier molecular flexibility index (Phi) is 19.0. The van der Waals surface area contributed by atoms with Crippen molar-refractivity contribution in [2.75, 3.05) is 13.7 Å². The number of nitrogens with zero attached hydrogens (tertiary/aromatic N) is 1. The normalized spacial score (nSPS) is 19.4. The molecule has 1 heterocycles. The first-order chi connectivity index (χ1) is 27.6. The summed E-state index contributed by atoms with van der Waals surface area (Å²) >= 11 is 0. The van der Waals surface area contributed by atoms with Crippen LogP contribution in [0.4, 0.5) is 0 Å². The van der Waals surface area contributed by atoms with Crippen LogP contribution in [0.3, 0.4) is 0 Å². The first kappa shape index (κ1) is 46.7. The van der Waals surface area contributed by atoms with Gasteiger partial charge in [-0.15, -0.1) is 0 Å². The zero-order valence-electron chi connectivity index (χ0n) is 34.5. The van der Waals surface area contributed by atoms with Crippen molar-refractivity contribution in [3.8, 4) is 11.5 Å². The molecule has 0 spiro atoms. The average molecular weight is 804 g/mol. The Morgan fingerprint density at radius 1 is 0.879 bits per heavy atom. The van der Waals surface area contributed by atoms with E-state index in [4.69, 9.17) is 4.74 Å². The van der Waals surface area contributed by atoms with Crippen LogP contribution in [0.15, 0.2) is 72.8 Å². The maximum atomic E-state index is 13.9. The van der Waals surface area contributed by atoms with Gasteiger partial charge < -0.3 is 41.1 Å². The van der Waals surface area contributed by atoms with Crippen molar-refractivity contribution in [2.24, 2.45) is 11.8 Å².